The molecule has 2 rings (SSSR count). The van der Waals surface area contributed by atoms with Crippen LogP contribution in [0.5, 0.6) is 0 Å². The number of allylic oxidation sites excluding steroid dienone is 10. The Morgan fingerprint density at radius 3 is 2.18 bits per heavy atom. The van der Waals surface area contributed by atoms with Crippen LogP contribution >= 0.6 is 0 Å². The maximum atomic E-state index is 15.4. The minimum absolute atomic E-state index is 0.0192. The molecule has 45 heavy (non-hydrogen) atoms. The van der Waals surface area contributed by atoms with E-state index in [2.05, 4.69) is 66.9 Å². The quantitative estimate of drug-likeness (QED) is 0.129. The summed E-state index contributed by atoms with van der Waals surface area (Å²) in [6.45, 7) is 2.66. The molecule has 1 aromatic rings. The lowest BCUT2D eigenvalue weighted by atomic mass is 9.98. The van der Waals surface area contributed by atoms with Crippen LogP contribution in [0.15, 0.2) is 82.6 Å². The van der Waals surface area contributed by atoms with Gasteiger partial charge in [0.25, 0.3) is 5.56 Å². The number of ether oxygens (including phenoxy) is 1. The second-order valence-electron chi connectivity index (χ2n) is 10.8. The van der Waals surface area contributed by atoms with Crippen LogP contribution in [-0.2, 0) is 9.53 Å². The van der Waals surface area contributed by atoms with Gasteiger partial charge in [0.2, 0.25) is 5.91 Å². The largest absolute Gasteiger partial charge is 0.465 e. The third kappa shape index (κ3) is 13.2. The van der Waals surface area contributed by atoms with Crippen molar-refractivity contribution in [1.29, 1.82) is 0 Å². The predicted octanol–water partition coefficient (Wildman–Crippen LogP) is 4.54. The molecule has 0 radical (unpaired) electrons. The van der Waals surface area contributed by atoms with Gasteiger partial charge in [-0.25, -0.2) is 14.0 Å². The third-order valence-corrected chi connectivity index (χ3v) is 7.13. The van der Waals surface area contributed by atoms with Crippen LogP contribution in [0.25, 0.3) is 0 Å². The summed E-state index contributed by atoms with van der Waals surface area (Å²) in [5.74, 6) is -0.223. The third-order valence-electron chi connectivity index (χ3n) is 7.13. The van der Waals surface area contributed by atoms with Crippen LogP contribution in [0.3, 0.4) is 0 Å². The standard InChI is InChI=1S/C33H47FN4O7/c1-3-4-5-6-7-8-9-10-11-12-13-14-15-16-17-18-19-20-27(39)35-22-24-37(32(43)44)25-26-29(41)33(2,34)30(45-26)38-23-21-28(40)36-31(38)42/h4-5,7-8,10-11,13-14,16-17,21,23,26,29-30,41H,3,6,9,12,15,18-20,22,24-25H2,1-2H3,(H,35,39)(H,43,44)(H,36,40,42)/t26-,29-,30-,33-/m1/s1. The van der Waals surface area contributed by atoms with Gasteiger partial charge in [0.05, 0.1) is 6.54 Å². The number of carbonyl (C=O) groups excluding carboxylic acids is 1. The lowest BCUT2D eigenvalue weighted by Gasteiger charge is -2.25. The summed E-state index contributed by atoms with van der Waals surface area (Å²) in [6, 6.07) is 1.01. The molecule has 2 heterocycles. The lowest BCUT2D eigenvalue weighted by molar-refractivity contribution is -0.121. The van der Waals surface area contributed by atoms with Crippen LogP contribution in [0.4, 0.5) is 9.18 Å². The van der Waals surface area contributed by atoms with Gasteiger partial charge < -0.3 is 25.2 Å². The second-order valence-corrected chi connectivity index (χ2v) is 10.8. The number of nitrogens with zero attached hydrogens (tertiary/aromatic N) is 2. The highest BCUT2D eigenvalue weighted by Gasteiger charge is 2.55. The number of halogens is 1. The molecule has 1 saturated heterocycles. The van der Waals surface area contributed by atoms with Crippen LogP contribution in [0.1, 0.15) is 71.4 Å². The molecular weight excluding hydrogens is 583 g/mol. The number of rotatable bonds is 19. The fourth-order valence-electron chi connectivity index (χ4n) is 4.62. The molecular formula is C33H47FN4O7. The molecule has 1 aromatic heterocycles. The van der Waals surface area contributed by atoms with E-state index in [4.69, 9.17) is 4.74 Å². The normalized spacial score (nSPS) is 22.1. The highest BCUT2D eigenvalue weighted by Crippen LogP contribution is 2.40. The van der Waals surface area contributed by atoms with Gasteiger partial charge in [-0.05, 0) is 51.9 Å². The first-order valence-corrected chi connectivity index (χ1v) is 15.4. The van der Waals surface area contributed by atoms with E-state index < -0.39 is 48.0 Å². The number of aromatic nitrogens is 2. The fourth-order valence-corrected chi connectivity index (χ4v) is 4.62. The molecule has 4 atom stereocenters. The first-order valence-electron chi connectivity index (χ1n) is 15.4. The molecule has 2 amide bonds. The van der Waals surface area contributed by atoms with E-state index in [1.807, 2.05) is 11.1 Å². The molecule has 0 bridgehead atoms. The Bertz CT molecular complexity index is 1330. The number of nitrogens with one attached hydrogen (secondary N) is 2. The minimum atomic E-state index is -2.45. The average molecular weight is 631 g/mol. The summed E-state index contributed by atoms with van der Waals surface area (Å²) in [7, 11) is 0. The van der Waals surface area contributed by atoms with Gasteiger partial charge in [-0.15, -0.1) is 0 Å². The van der Waals surface area contributed by atoms with E-state index in [-0.39, 0.29) is 25.4 Å². The first-order chi connectivity index (χ1) is 21.6. The SMILES string of the molecule is CCC=CCC=CCC=CCC=CCC=CCCCC(=O)NCCN(C[C@H]1O[C@@H](n2ccc(=O)[nH]c2=O)[C@](C)(F)[C@@H]1O)C(=O)O. The van der Waals surface area contributed by atoms with Gasteiger partial charge in [-0.2, -0.15) is 0 Å². The van der Waals surface area contributed by atoms with Gasteiger partial charge in [-0.3, -0.25) is 19.1 Å². The monoisotopic (exact) mass is 630 g/mol. The maximum Gasteiger partial charge on any atom is 0.407 e. The minimum Gasteiger partial charge on any atom is -0.465 e. The summed E-state index contributed by atoms with van der Waals surface area (Å²) >= 11 is 0. The molecule has 0 saturated carbocycles. The van der Waals surface area contributed by atoms with Crippen molar-refractivity contribution in [1.82, 2.24) is 19.8 Å². The molecule has 248 valence electrons. The van der Waals surface area contributed by atoms with Crippen LogP contribution in [0, 0.1) is 0 Å². The summed E-state index contributed by atoms with van der Waals surface area (Å²) in [5.41, 5.74) is -4.06. The summed E-state index contributed by atoms with van der Waals surface area (Å²) < 4.78 is 21.7. The molecule has 12 heteroatoms. The molecule has 1 aliphatic heterocycles. The molecule has 0 unspecified atom stereocenters. The van der Waals surface area contributed by atoms with E-state index >= 15 is 4.39 Å². The summed E-state index contributed by atoms with van der Waals surface area (Å²) in [6.07, 6.45) is 22.6. The Morgan fingerprint density at radius 2 is 1.62 bits per heavy atom. The number of aliphatic hydroxyl groups excluding tert-OH is 1. The number of H-pyrrole nitrogens is 1. The highest BCUT2D eigenvalue weighted by atomic mass is 19.1. The molecule has 11 nitrogen and oxygen atoms in total. The average Bonchev–Trinajstić information content (AvgIpc) is 3.21. The Morgan fingerprint density at radius 1 is 1.04 bits per heavy atom. The van der Waals surface area contributed by atoms with Crippen LogP contribution in [0.2, 0.25) is 0 Å². The van der Waals surface area contributed by atoms with Crippen molar-refractivity contribution in [3.05, 3.63) is 93.9 Å². The van der Waals surface area contributed by atoms with Crippen LogP contribution in [-0.4, -0.2) is 74.2 Å². The number of amides is 2. The van der Waals surface area contributed by atoms with Crippen molar-refractivity contribution in [2.24, 2.45) is 0 Å². The number of hydrogen-bond acceptors (Lipinski definition) is 6. The Balaban J connectivity index is 1.65. The van der Waals surface area contributed by atoms with E-state index in [0.717, 1.165) is 67.2 Å². The number of unbranched alkanes of at least 4 members (excludes halogenated alkanes) is 1. The van der Waals surface area contributed by atoms with Crippen molar-refractivity contribution in [2.75, 3.05) is 19.6 Å². The number of carboxylic acid groups (broad SMARTS) is 1. The highest BCUT2D eigenvalue weighted by molar-refractivity contribution is 5.75. The van der Waals surface area contributed by atoms with Gasteiger partial charge in [0.15, 0.2) is 11.9 Å². The summed E-state index contributed by atoms with van der Waals surface area (Å²) in [5, 5.41) is 22.8. The smallest absolute Gasteiger partial charge is 0.407 e. The molecule has 0 spiro atoms. The zero-order valence-corrected chi connectivity index (χ0v) is 26.1. The lowest BCUT2D eigenvalue weighted by Crippen LogP contribution is -2.47. The number of aliphatic hydroxyl groups is 1. The molecule has 4 N–H and O–H groups in total. The zero-order chi connectivity index (χ0) is 33.1. The number of aromatic amines is 1. The molecule has 1 aliphatic rings. The van der Waals surface area contributed by atoms with Crippen molar-refractivity contribution in [3.63, 3.8) is 0 Å². The second kappa shape index (κ2) is 20.1. The Hall–Kier alpha value is -4.03. The van der Waals surface area contributed by atoms with Crippen molar-refractivity contribution in [2.45, 2.75) is 89.3 Å². The van der Waals surface area contributed by atoms with E-state index in [0.29, 0.717) is 6.42 Å². The van der Waals surface area contributed by atoms with Gasteiger partial charge in [0.1, 0.15) is 12.2 Å². The Kier molecular flexibility index (Phi) is 16.6. The molecule has 1 fully saturated rings. The van der Waals surface area contributed by atoms with Crippen molar-refractivity contribution in [3.8, 4) is 0 Å². The van der Waals surface area contributed by atoms with Crippen molar-refractivity contribution >= 4 is 12.0 Å². The van der Waals surface area contributed by atoms with Gasteiger partial charge in [0, 0.05) is 31.8 Å². The topological polar surface area (TPSA) is 154 Å². The first kappa shape index (κ1) is 37.2. The van der Waals surface area contributed by atoms with Gasteiger partial charge in [-0.1, -0.05) is 67.7 Å². The summed E-state index contributed by atoms with van der Waals surface area (Å²) in [4.78, 5) is 50.3. The van der Waals surface area contributed by atoms with Crippen LogP contribution < -0.4 is 16.6 Å². The van der Waals surface area contributed by atoms with Crippen molar-refractivity contribution < 1.29 is 28.9 Å². The van der Waals surface area contributed by atoms with Gasteiger partial charge >= 0.3 is 11.8 Å². The number of alkyl halides is 1. The Labute approximate surface area is 263 Å². The predicted molar refractivity (Wildman–Crippen MR) is 172 cm³/mol. The number of carbonyl (C=O) groups is 2. The zero-order valence-electron chi connectivity index (χ0n) is 26.1. The maximum absolute atomic E-state index is 15.4. The fraction of sp³-hybridized carbons (Fsp3) is 0.515. The van der Waals surface area contributed by atoms with E-state index in [1.165, 1.54) is 0 Å². The molecule has 0 aromatic carbocycles. The molecule has 0 aliphatic carbocycles. The number of hydrogen-bond donors (Lipinski definition) is 4. The van der Waals surface area contributed by atoms with E-state index in [9.17, 15) is 29.4 Å². The van der Waals surface area contributed by atoms with E-state index in [1.54, 1.807) is 0 Å².